The van der Waals surface area contributed by atoms with Gasteiger partial charge in [-0.25, -0.2) is 9.18 Å². The van der Waals surface area contributed by atoms with Crippen LogP contribution in [0.1, 0.15) is 12.8 Å². The highest BCUT2D eigenvalue weighted by Crippen LogP contribution is 2.30. The Labute approximate surface area is 159 Å². The van der Waals surface area contributed by atoms with E-state index in [0.717, 1.165) is 0 Å². The third kappa shape index (κ3) is 3.75. The number of hydrogen-bond donors (Lipinski definition) is 0. The molecule has 0 unspecified atom stereocenters. The Morgan fingerprint density at radius 2 is 2.11 bits per heavy atom. The number of nitrogens with zero attached hydrogens (tertiary/aromatic N) is 4. The maximum atomic E-state index is 14.7. The number of halogens is 1. The van der Waals surface area contributed by atoms with Gasteiger partial charge in [0.2, 0.25) is 0 Å². The summed E-state index contributed by atoms with van der Waals surface area (Å²) >= 11 is 0. The summed E-state index contributed by atoms with van der Waals surface area (Å²) in [5, 5.41) is 6.68. The van der Waals surface area contributed by atoms with Gasteiger partial charge >= 0.3 is 6.09 Å². The topological polar surface area (TPSA) is 97.5 Å². The minimum Gasteiger partial charge on any atom is -0.471 e. The molecule has 3 heterocycles. The third-order valence-corrected chi connectivity index (χ3v) is 4.90. The molecule has 0 radical (unpaired) electrons. The Kier molecular flexibility index (Phi) is 5.09. The SMILES string of the molecule is O=NC1CCN(c2ccc(N3C[C@H](COc4ccon4)OC3=O)cc2F)CC1. The summed E-state index contributed by atoms with van der Waals surface area (Å²) in [6.45, 7) is 1.50. The average molecular weight is 390 g/mol. The molecule has 1 atom stereocenters. The predicted molar refractivity (Wildman–Crippen MR) is 97.0 cm³/mol. The summed E-state index contributed by atoms with van der Waals surface area (Å²) in [5.74, 6) is -0.122. The summed E-state index contributed by atoms with van der Waals surface area (Å²) in [6.07, 6.45) is 1.54. The molecule has 1 amide bonds. The second-order valence-electron chi connectivity index (χ2n) is 6.72. The van der Waals surface area contributed by atoms with Crippen LogP contribution in [0.15, 0.2) is 40.2 Å². The number of aromatic nitrogens is 1. The van der Waals surface area contributed by atoms with E-state index in [1.807, 2.05) is 4.90 Å². The molecular formula is C18H19FN4O5. The van der Waals surface area contributed by atoms with Gasteiger partial charge in [0.15, 0.2) is 6.10 Å². The second kappa shape index (κ2) is 7.83. The fourth-order valence-electron chi connectivity index (χ4n) is 3.41. The van der Waals surface area contributed by atoms with E-state index in [-0.39, 0.29) is 19.2 Å². The number of nitroso groups, excluding NO2 is 1. The molecule has 2 saturated heterocycles. The molecule has 0 aliphatic carbocycles. The first-order valence-electron chi connectivity index (χ1n) is 9.02. The first kappa shape index (κ1) is 18.2. The van der Waals surface area contributed by atoms with E-state index in [2.05, 4.69) is 14.9 Å². The van der Waals surface area contributed by atoms with E-state index in [1.165, 1.54) is 17.2 Å². The van der Waals surface area contributed by atoms with Crippen LogP contribution >= 0.6 is 0 Å². The smallest absolute Gasteiger partial charge is 0.414 e. The van der Waals surface area contributed by atoms with Gasteiger partial charge in [-0.1, -0.05) is 5.18 Å². The van der Waals surface area contributed by atoms with Gasteiger partial charge in [-0.15, -0.1) is 0 Å². The van der Waals surface area contributed by atoms with Crippen molar-refractivity contribution < 1.29 is 23.2 Å². The number of amides is 1. The van der Waals surface area contributed by atoms with Crippen molar-refractivity contribution in [3.63, 3.8) is 0 Å². The zero-order valence-electron chi connectivity index (χ0n) is 15.0. The standard InChI is InChI=1S/C18H19FN4O5/c19-15-9-13(1-2-16(15)22-6-3-12(20-25)4-7-22)23-10-14(28-18(23)24)11-26-17-5-8-27-21-17/h1-2,5,8-9,12,14H,3-4,6-7,10-11H2/t14-/m1/s1. The fourth-order valence-corrected chi connectivity index (χ4v) is 3.41. The number of ether oxygens (including phenoxy) is 2. The monoisotopic (exact) mass is 390 g/mol. The Balaban J connectivity index is 1.39. The van der Waals surface area contributed by atoms with Gasteiger partial charge < -0.3 is 18.9 Å². The highest BCUT2D eigenvalue weighted by molar-refractivity contribution is 5.90. The number of carbonyl (C=O) groups is 1. The summed E-state index contributed by atoms with van der Waals surface area (Å²) in [4.78, 5) is 26.0. The first-order chi connectivity index (χ1) is 13.6. The van der Waals surface area contributed by atoms with Crippen LogP contribution < -0.4 is 14.5 Å². The molecule has 1 aromatic carbocycles. The first-order valence-corrected chi connectivity index (χ1v) is 9.02. The molecule has 2 aliphatic heterocycles. The summed E-state index contributed by atoms with van der Waals surface area (Å²) < 4.78 is 30.0. The van der Waals surface area contributed by atoms with Gasteiger partial charge in [-0.3, -0.25) is 4.90 Å². The van der Waals surface area contributed by atoms with E-state index < -0.39 is 18.0 Å². The van der Waals surface area contributed by atoms with Crippen molar-refractivity contribution in [2.45, 2.75) is 25.0 Å². The van der Waals surface area contributed by atoms with Gasteiger partial charge in [0, 0.05) is 19.2 Å². The largest absolute Gasteiger partial charge is 0.471 e. The highest BCUT2D eigenvalue weighted by atomic mass is 19.1. The van der Waals surface area contributed by atoms with Crippen molar-refractivity contribution in [2.24, 2.45) is 5.18 Å². The van der Waals surface area contributed by atoms with Crippen LogP contribution in [0.2, 0.25) is 0 Å². The number of rotatable bonds is 6. The molecule has 10 heteroatoms. The molecule has 1 aromatic heterocycles. The molecule has 9 nitrogen and oxygen atoms in total. The summed E-state index contributed by atoms with van der Waals surface area (Å²) in [5.41, 5.74) is 0.867. The number of piperidine rings is 1. The van der Waals surface area contributed by atoms with Crippen LogP contribution in [-0.4, -0.2) is 49.6 Å². The van der Waals surface area contributed by atoms with Crippen molar-refractivity contribution in [3.05, 3.63) is 41.3 Å². The van der Waals surface area contributed by atoms with Gasteiger partial charge in [0.05, 0.1) is 24.0 Å². The summed E-state index contributed by atoms with van der Waals surface area (Å²) in [6, 6.07) is 6.00. The number of benzene rings is 1. The zero-order valence-corrected chi connectivity index (χ0v) is 15.0. The van der Waals surface area contributed by atoms with Crippen molar-refractivity contribution >= 4 is 17.5 Å². The normalized spacial score (nSPS) is 20.3. The maximum absolute atomic E-state index is 14.7. The lowest BCUT2D eigenvalue weighted by atomic mass is 10.1. The Morgan fingerprint density at radius 1 is 1.29 bits per heavy atom. The van der Waals surface area contributed by atoms with Crippen LogP contribution in [0, 0.1) is 10.7 Å². The molecule has 0 spiro atoms. The van der Waals surface area contributed by atoms with E-state index in [9.17, 15) is 14.1 Å². The lowest BCUT2D eigenvalue weighted by molar-refractivity contribution is 0.102. The van der Waals surface area contributed by atoms with E-state index >= 15 is 0 Å². The van der Waals surface area contributed by atoms with Gasteiger partial charge in [-0.2, -0.15) is 4.91 Å². The molecule has 148 valence electrons. The molecule has 4 rings (SSSR count). The Morgan fingerprint density at radius 3 is 2.79 bits per heavy atom. The van der Waals surface area contributed by atoms with Gasteiger partial charge in [0.25, 0.3) is 5.88 Å². The van der Waals surface area contributed by atoms with Gasteiger partial charge in [0.1, 0.15) is 18.7 Å². The predicted octanol–water partition coefficient (Wildman–Crippen LogP) is 2.95. The number of anilines is 2. The van der Waals surface area contributed by atoms with Crippen LogP contribution in [-0.2, 0) is 4.74 Å². The van der Waals surface area contributed by atoms with Crippen molar-refractivity contribution in [1.82, 2.24) is 5.16 Å². The van der Waals surface area contributed by atoms with Crippen LogP contribution in [0.25, 0.3) is 0 Å². The summed E-state index contributed by atoms with van der Waals surface area (Å²) in [7, 11) is 0. The Bertz CT molecular complexity index is 839. The van der Waals surface area contributed by atoms with Crippen LogP contribution in [0.4, 0.5) is 20.6 Å². The zero-order chi connectivity index (χ0) is 19.5. The highest BCUT2D eigenvalue weighted by Gasteiger charge is 2.33. The molecule has 0 N–H and O–H groups in total. The third-order valence-electron chi connectivity index (χ3n) is 4.90. The number of carbonyl (C=O) groups excluding carboxylic acids is 1. The average Bonchev–Trinajstić information content (AvgIpc) is 3.36. The number of hydrogen-bond acceptors (Lipinski definition) is 8. The van der Waals surface area contributed by atoms with Crippen LogP contribution in [0.5, 0.6) is 5.88 Å². The van der Waals surface area contributed by atoms with E-state index in [0.29, 0.717) is 43.2 Å². The van der Waals surface area contributed by atoms with E-state index in [4.69, 9.17) is 9.47 Å². The number of cyclic esters (lactones) is 1. The van der Waals surface area contributed by atoms with Crippen molar-refractivity contribution in [3.8, 4) is 5.88 Å². The molecule has 0 bridgehead atoms. The van der Waals surface area contributed by atoms with Crippen molar-refractivity contribution in [1.29, 1.82) is 0 Å². The van der Waals surface area contributed by atoms with Gasteiger partial charge in [-0.05, 0) is 36.2 Å². The van der Waals surface area contributed by atoms with Crippen molar-refractivity contribution in [2.75, 3.05) is 36.0 Å². The fraction of sp³-hybridized carbons (Fsp3) is 0.444. The van der Waals surface area contributed by atoms with E-state index in [1.54, 1.807) is 18.2 Å². The lowest BCUT2D eigenvalue weighted by Crippen LogP contribution is -2.35. The molecule has 2 fully saturated rings. The minimum atomic E-state index is -0.557. The molecule has 28 heavy (non-hydrogen) atoms. The molecule has 0 saturated carbocycles. The molecule has 2 aromatic rings. The molecule has 2 aliphatic rings. The van der Waals surface area contributed by atoms with Crippen LogP contribution in [0.3, 0.4) is 0 Å². The Hall–Kier alpha value is -3.17. The maximum Gasteiger partial charge on any atom is 0.414 e. The minimum absolute atomic E-state index is 0.120. The second-order valence-corrected chi connectivity index (χ2v) is 6.72. The molecular weight excluding hydrogens is 371 g/mol. The quantitative estimate of drug-likeness (QED) is 0.700. The lowest BCUT2D eigenvalue weighted by Gasteiger charge is -2.31.